The van der Waals surface area contributed by atoms with E-state index in [0.29, 0.717) is 12.8 Å². The van der Waals surface area contributed by atoms with Crippen molar-refractivity contribution in [3.05, 3.63) is 0 Å². The molecule has 2 rings (SSSR count). The van der Waals surface area contributed by atoms with Crippen molar-refractivity contribution < 1.29 is 36.3 Å². The first-order chi connectivity index (χ1) is 11.0. The average molecular weight is 371 g/mol. The number of nitrogens with zero attached hydrogens (tertiary/aromatic N) is 1. The third-order valence-electron chi connectivity index (χ3n) is 4.82. The van der Waals surface area contributed by atoms with Gasteiger partial charge in [0.15, 0.2) is 9.84 Å². The lowest BCUT2D eigenvalue weighted by Gasteiger charge is -2.18. The molecule has 6 nitrogen and oxygen atoms in total. The summed E-state index contributed by atoms with van der Waals surface area (Å²) in [6.45, 7) is -1.27. The van der Waals surface area contributed by atoms with E-state index in [4.69, 9.17) is 5.11 Å². The Balaban J connectivity index is 1.96. The molecule has 138 valence electrons. The van der Waals surface area contributed by atoms with Crippen LogP contribution in [0.25, 0.3) is 0 Å². The molecule has 1 saturated heterocycles. The highest BCUT2D eigenvalue weighted by Crippen LogP contribution is 2.38. The van der Waals surface area contributed by atoms with Crippen LogP contribution in [0.1, 0.15) is 32.1 Å². The molecule has 1 aliphatic carbocycles. The summed E-state index contributed by atoms with van der Waals surface area (Å²) >= 11 is 0. The summed E-state index contributed by atoms with van der Waals surface area (Å²) in [6, 6.07) is 0. The molecule has 0 aromatic rings. The van der Waals surface area contributed by atoms with Gasteiger partial charge in [0, 0.05) is 19.5 Å². The molecule has 0 unspecified atom stereocenters. The zero-order valence-corrected chi connectivity index (χ0v) is 13.8. The summed E-state index contributed by atoms with van der Waals surface area (Å²) in [7, 11) is -3.44. The summed E-state index contributed by atoms with van der Waals surface area (Å²) in [5.74, 6) is -6.58. The largest absolute Gasteiger partial charge is 0.481 e. The minimum Gasteiger partial charge on any atom is -0.481 e. The molecular formula is C14H20F3NO5S. The maximum atomic E-state index is 12.9. The molecule has 1 amide bonds. The molecule has 2 aliphatic rings. The van der Waals surface area contributed by atoms with E-state index >= 15 is 0 Å². The second kappa shape index (κ2) is 6.89. The van der Waals surface area contributed by atoms with Crippen LogP contribution in [0.4, 0.5) is 13.2 Å². The van der Waals surface area contributed by atoms with Crippen molar-refractivity contribution in [2.24, 2.45) is 11.8 Å². The van der Waals surface area contributed by atoms with Crippen LogP contribution in [0.15, 0.2) is 0 Å². The Morgan fingerprint density at radius 3 is 2.17 bits per heavy atom. The van der Waals surface area contributed by atoms with Gasteiger partial charge in [-0.25, -0.2) is 8.42 Å². The standard InChI is InChI=1S/C14H20F3NO5S/c15-14(16,17)11-8-18(7-10(11)13(20)21)12(19)5-6-24(22,23)9-3-1-2-4-9/h9-11H,1-8H2,(H,20,21)/t10-,11-/m1/s1. The number of aliphatic carboxylic acids is 1. The van der Waals surface area contributed by atoms with Crippen LogP contribution < -0.4 is 0 Å². The number of hydrogen-bond acceptors (Lipinski definition) is 4. The molecular weight excluding hydrogens is 351 g/mol. The molecule has 1 saturated carbocycles. The van der Waals surface area contributed by atoms with Crippen LogP contribution in [0, 0.1) is 11.8 Å². The number of sulfone groups is 1. The predicted octanol–water partition coefficient (Wildman–Crippen LogP) is 1.46. The highest BCUT2D eigenvalue weighted by Gasteiger charge is 2.53. The van der Waals surface area contributed by atoms with Crippen LogP contribution >= 0.6 is 0 Å². The number of hydrogen-bond donors (Lipinski definition) is 1. The first-order valence-corrected chi connectivity index (χ1v) is 9.53. The molecule has 1 aliphatic heterocycles. The molecule has 0 aromatic carbocycles. The quantitative estimate of drug-likeness (QED) is 0.790. The number of halogens is 3. The third-order valence-corrected chi connectivity index (χ3v) is 7.08. The Labute approximate surface area is 137 Å². The molecule has 24 heavy (non-hydrogen) atoms. The van der Waals surface area contributed by atoms with E-state index in [2.05, 4.69) is 0 Å². The van der Waals surface area contributed by atoms with Crippen LogP contribution in [0.5, 0.6) is 0 Å². The van der Waals surface area contributed by atoms with Crippen molar-refractivity contribution in [2.45, 2.75) is 43.5 Å². The van der Waals surface area contributed by atoms with Crippen LogP contribution in [0.2, 0.25) is 0 Å². The van der Waals surface area contributed by atoms with Crippen molar-refractivity contribution in [2.75, 3.05) is 18.8 Å². The molecule has 10 heteroatoms. The van der Waals surface area contributed by atoms with E-state index in [1.54, 1.807) is 0 Å². The summed E-state index contributed by atoms with van der Waals surface area (Å²) in [5, 5.41) is 8.44. The summed E-state index contributed by atoms with van der Waals surface area (Å²) < 4.78 is 62.9. The Kier molecular flexibility index (Phi) is 5.46. The van der Waals surface area contributed by atoms with Gasteiger partial charge in [0.05, 0.1) is 22.8 Å². The van der Waals surface area contributed by atoms with Crippen molar-refractivity contribution in [3.63, 3.8) is 0 Å². The number of amides is 1. The lowest BCUT2D eigenvalue weighted by Crippen LogP contribution is -2.34. The predicted molar refractivity (Wildman–Crippen MR) is 77.9 cm³/mol. The Morgan fingerprint density at radius 1 is 1.12 bits per heavy atom. The number of likely N-dealkylation sites (tertiary alicyclic amines) is 1. The lowest BCUT2D eigenvalue weighted by atomic mass is 9.96. The summed E-state index contributed by atoms with van der Waals surface area (Å²) in [5.41, 5.74) is 0. The SMILES string of the molecule is O=C(O)[C@@H]1CN(C(=O)CCS(=O)(=O)C2CCCC2)C[C@H]1C(F)(F)F. The number of carboxylic acids is 1. The second-order valence-electron chi connectivity index (χ2n) is 6.42. The number of alkyl halides is 3. The van der Waals surface area contributed by atoms with Crippen LogP contribution in [0.3, 0.4) is 0 Å². The molecule has 0 aromatic heterocycles. The van der Waals surface area contributed by atoms with Gasteiger partial charge in [-0.3, -0.25) is 9.59 Å². The minimum atomic E-state index is -4.71. The highest BCUT2D eigenvalue weighted by atomic mass is 32.2. The van der Waals surface area contributed by atoms with Crippen LogP contribution in [-0.2, 0) is 19.4 Å². The van der Waals surface area contributed by atoms with Gasteiger partial charge in [-0.05, 0) is 12.8 Å². The molecule has 0 bridgehead atoms. The van der Waals surface area contributed by atoms with E-state index in [9.17, 15) is 31.2 Å². The first kappa shape index (κ1) is 19.0. The molecule has 0 spiro atoms. The molecule has 1 heterocycles. The Morgan fingerprint density at radius 2 is 1.71 bits per heavy atom. The molecule has 2 fully saturated rings. The van der Waals surface area contributed by atoms with Gasteiger partial charge in [0.1, 0.15) is 0 Å². The van der Waals surface area contributed by atoms with E-state index in [1.165, 1.54) is 0 Å². The maximum Gasteiger partial charge on any atom is 0.394 e. The average Bonchev–Trinajstić information content (AvgIpc) is 3.13. The molecule has 1 N–H and O–H groups in total. The van der Waals surface area contributed by atoms with Gasteiger partial charge >= 0.3 is 12.1 Å². The monoisotopic (exact) mass is 371 g/mol. The van der Waals surface area contributed by atoms with Gasteiger partial charge in [-0.1, -0.05) is 12.8 Å². The Hall–Kier alpha value is -1.32. The van der Waals surface area contributed by atoms with E-state index < -0.39 is 70.2 Å². The fourth-order valence-corrected chi connectivity index (χ4v) is 5.24. The van der Waals surface area contributed by atoms with E-state index in [1.807, 2.05) is 0 Å². The summed E-state index contributed by atoms with van der Waals surface area (Å²) in [6.07, 6.45) is -2.38. The van der Waals surface area contributed by atoms with Crippen molar-refractivity contribution in [3.8, 4) is 0 Å². The topological polar surface area (TPSA) is 91.8 Å². The van der Waals surface area contributed by atoms with E-state index in [0.717, 1.165) is 17.7 Å². The van der Waals surface area contributed by atoms with Crippen molar-refractivity contribution in [1.82, 2.24) is 4.90 Å². The van der Waals surface area contributed by atoms with Crippen molar-refractivity contribution in [1.29, 1.82) is 0 Å². The zero-order valence-electron chi connectivity index (χ0n) is 13.0. The minimum absolute atomic E-state index is 0.401. The number of carbonyl (C=O) groups excluding carboxylic acids is 1. The van der Waals surface area contributed by atoms with Crippen molar-refractivity contribution >= 4 is 21.7 Å². The molecule has 0 radical (unpaired) electrons. The highest BCUT2D eigenvalue weighted by molar-refractivity contribution is 7.92. The van der Waals surface area contributed by atoms with Crippen LogP contribution in [-0.4, -0.2) is 60.6 Å². The maximum absolute atomic E-state index is 12.9. The van der Waals surface area contributed by atoms with Gasteiger partial charge in [-0.15, -0.1) is 0 Å². The lowest BCUT2D eigenvalue weighted by molar-refractivity contribution is -0.188. The summed E-state index contributed by atoms with van der Waals surface area (Å²) in [4.78, 5) is 23.9. The number of carboxylic acid groups (broad SMARTS) is 1. The number of carbonyl (C=O) groups is 2. The Bertz CT molecular complexity index is 598. The van der Waals surface area contributed by atoms with Gasteiger partial charge in [0.25, 0.3) is 0 Å². The normalized spacial score (nSPS) is 26.0. The fourth-order valence-electron chi connectivity index (χ4n) is 3.39. The first-order valence-electron chi connectivity index (χ1n) is 7.81. The van der Waals surface area contributed by atoms with Gasteiger partial charge < -0.3 is 10.0 Å². The van der Waals surface area contributed by atoms with Gasteiger partial charge in [0.2, 0.25) is 5.91 Å². The third kappa shape index (κ3) is 4.20. The second-order valence-corrected chi connectivity index (χ2v) is 8.82. The zero-order chi connectivity index (χ0) is 18.1. The van der Waals surface area contributed by atoms with Gasteiger partial charge in [-0.2, -0.15) is 13.2 Å². The smallest absolute Gasteiger partial charge is 0.394 e. The molecule has 2 atom stereocenters. The fraction of sp³-hybridized carbons (Fsp3) is 0.857. The van der Waals surface area contributed by atoms with E-state index in [-0.39, 0.29) is 0 Å². The number of rotatable bonds is 5.